The largest absolute Gasteiger partial charge is 0.371 e. The van der Waals surface area contributed by atoms with Gasteiger partial charge in [-0.1, -0.05) is 13.8 Å². The summed E-state index contributed by atoms with van der Waals surface area (Å²) in [6, 6.07) is 9.23. The molecular weight excluding hydrogens is 608 g/mol. The van der Waals surface area contributed by atoms with Gasteiger partial charge >= 0.3 is 0 Å². The zero-order chi connectivity index (χ0) is 33.8. The first-order valence-corrected chi connectivity index (χ1v) is 18.1. The van der Waals surface area contributed by atoms with Crippen molar-refractivity contribution in [3.8, 4) is 22.8 Å². The van der Waals surface area contributed by atoms with Gasteiger partial charge in [-0.25, -0.2) is 0 Å². The van der Waals surface area contributed by atoms with Gasteiger partial charge in [0.15, 0.2) is 0 Å². The number of rotatable bonds is 2. The van der Waals surface area contributed by atoms with E-state index in [1.54, 1.807) is 0 Å². The SMILES string of the molecule is CCN1C(=O)C(C)(C)c2cc3[nH]c4c(c3cc21)CCCc1cn[nH]c1-4.CCN1CC(C)(C)c2cc3[nH]c4c(c3cc21)CCCc1cn[nH]c1-4. The number of carbonyl (C=O) groups is 1. The maximum atomic E-state index is 12.8. The highest BCUT2D eigenvalue weighted by Crippen LogP contribution is 2.47. The van der Waals surface area contributed by atoms with Crippen LogP contribution in [-0.2, 0) is 41.3 Å². The van der Waals surface area contributed by atoms with Gasteiger partial charge in [0.2, 0.25) is 5.91 Å². The number of aromatic nitrogens is 6. The van der Waals surface area contributed by atoms with Crippen molar-refractivity contribution < 1.29 is 4.79 Å². The molecule has 0 saturated heterocycles. The lowest BCUT2D eigenvalue weighted by Crippen LogP contribution is -2.35. The third-order valence-electron chi connectivity index (χ3n) is 11.8. The number of benzene rings is 2. The molecule has 0 fully saturated rings. The first kappa shape index (κ1) is 30.3. The Balaban J connectivity index is 0.000000133. The predicted molar refractivity (Wildman–Crippen MR) is 198 cm³/mol. The standard InChI is InChI=1S/C20H22N4O.C20H24N4/c1-4-24-16-8-13-12-7-5-6-11-10-21-23-17(11)18(12)22-15(13)9-14(16)20(2,3)19(24)25;1-4-24-11-20(2,3)15-9-16-14(8-17(15)24)13-7-5-6-12-10-21-23-18(12)19(13)22-16/h8-10,22H,4-7H2,1-3H3,(H,21,23);8-10,22H,4-7,11H2,1-3H3,(H,21,23). The second-order valence-corrected chi connectivity index (χ2v) is 15.6. The van der Waals surface area contributed by atoms with Crippen LogP contribution in [0.1, 0.15) is 87.8 Å². The molecule has 0 bridgehead atoms. The van der Waals surface area contributed by atoms with Crippen LogP contribution >= 0.6 is 0 Å². The molecule has 2 aliphatic heterocycles. The summed E-state index contributed by atoms with van der Waals surface area (Å²) in [6.45, 7) is 15.9. The molecule has 0 atom stereocenters. The normalized spacial score (nSPS) is 18.3. The Labute approximate surface area is 286 Å². The number of anilines is 2. The number of aryl methyl sites for hydroxylation is 4. The van der Waals surface area contributed by atoms with E-state index >= 15 is 0 Å². The summed E-state index contributed by atoms with van der Waals surface area (Å²) < 4.78 is 0. The lowest BCUT2D eigenvalue weighted by molar-refractivity contribution is -0.122. The van der Waals surface area contributed by atoms with E-state index in [0.29, 0.717) is 6.54 Å². The van der Waals surface area contributed by atoms with Crippen molar-refractivity contribution in [1.29, 1.82) is 0 Å². The number of hydrogen-bond acceptors (Lipinski definition) is 4. The Bertz CT molecular complexity index is 2290. The average molecular weight is 655 g/mol. The molecule has 2 aromatic carbocycles. The van der Waals surface area contributed by atoms with Gasteiger partial charge in [0, 0.05) is 58.2 Å². The summed E-state index contributed by atoms with van der Waals surface area (Å²) >= 11 is 0. The second-order valence-electron chi connectivity index (χ2n) is 15.6. The third-order valence-corrected chi connectivity index (χ3v) is 11.8. The van der Waals surface area contributed by atoms with Crippen LogP contribution in [0.15, 0.2) is 36.7 Å². The summed E-state index contributed by atoms with van der Waals surface area (Å²) in [6.07, 6.45) is 10.6. The Kier molecular flexibility index (Phi) is 6.55. The number of aromatic amines is 4. The van der Waals surface area contributed by atoms with Crippen LogP contribution in [0.25, 0.3) is 44.6 Å². The van der Waals surface area contributed by atoms with Crippen LogP contribution in [0.5, 0.6) is 0 Å². The molecule has 4 aromatic heterocycles. The number of nitrogens with one attached hydrogen (secondary N) is 4. The number of carbonyl (C=O) groups excluding carboxylic acids is 1. The molecule has 49 heavy (non-hydrogen) atoms. The van der Waals surface area contributed by atoms with Crippen LogP contribution < -0.4 is 9.80 Å². The number of fused-ring (bicyclic) bond motifs is 12. The number of hydrogen-bond donors (Lipinski definition) is 4. The fraction of sp³-hybridized carbons (Fsp3) is 0.425. The molecule has 1 amide bonds. The van der Waals surface area contributed by atoms with Crippen LogP contribution in [0.2, 0.25) is 0 Å². The zero-order valence-corrected chi connectivity index (χ0v) is 29.5. The minimum absolute atomic E-state index is 0.194. The van der Waals surface area contributed by atoms with Crippen molar-refractivity contribution in [2.24, 2.45) is 0 Å². The molecule has 9 nitrogen and oxygen atoms in total. The van der Waals surface area contributed by atoms with E-state index in [9.17, 15) is 4.79 Å². The van der Waals surface area contributed by atoms with Crippen molar-refractivity contribution in [2.75, 3.05) is 29.4 Å². The molecule has 0 spiro atoms. The minimum atomic E-state index is -0.471. The van der Waals surface area contributed by atoms with Crippen LogP contribution in [0, 0.1) is 0 Å². The topological polar surface area (TPSA) is 112 Å². The van der Waals surface area contributed by atoms with Crippen LogP contribution in [0.4, 0.5) is 11.4 Å². The Hall–Kier alpha value is -4.79. The first-order valence-electron chi connectivity index (χ1n) is 18.1. The lowest BCUT2D eigenvalue weighted by Gasteiger charge is -2.20. The molecule has 2 aliphatic carbocycles. The third kappa shape index (κ3) is 4.33. The quantitative estimate of drug-likeness (QED) is 0.152. The van der Waals surface area contributed by atoms with E-state index in [4.69, 9.17) is 0 Å². The fourth-order valence-electron chi connectivity index (χ4n) is 9.20. The number of nitrogens with zero attached hydrogens (tertiary/aromatic N) is 4. The van der Waals surface area contributed by atoms with Crippen LogP contribution in [-0.4, -0.2) is 55.9 Å². The van der Waals surface area contributed by atoms with Gasteiger partial charge in [0.05, 0.1) is 40.6 Å². The van der Waals surface area contributed by atoms with Gasteiger partial charge in [-0.3, -0.25) is 15.0 Å². The molecular formula is C40H46N8O. The molecule has 6 heterocycles. The maximum Gasteiger partial charge on any atom is 0.237 e. The van der Waals surface area contributed by atoms with Gasteiger partial charge in [0.25, 0.3) is 0 Å². The molecule has 4 aliphatic rings. The molecule has 4 N–H and O–H groups in total. The Morgan fingerprint density at radius 1 is 0.694 bits per heavy atom. The maximum absolute atomic E-state index is 12.8. The molecule has 0 unspecified atom stereocenters. The predicted octanol–water partition coefficient (Wildman–Crippen LogP) is 7.86. The van der Waals surface area contributed by atoms with Gasteiger partial charge in [-0.2, -0.15) is 10.2 Å². The first-order chi connectivity index (χ1) is 23.6. The lowest BCUT2D eigenvalue weighted by atomic mass is 9.85. The number of H-pyrrole nitrogens is 4. The molecule has 252 valence electrons. The van der Waals surface area contributed by atoms with E-state index in [-0.39, 0.29) is 11.3 Å². The highest BCUT2D eigenvalue weighted by molar-refractivity contribution is 6.10. The van der Waals surface area contributed by atoms with Crippen molar-refractivity contribution in [1.82, 2.24) is 30.4 Å². The minimum Gasteiger partial charge on any atom is -0.371 e. The van der Waals surface area contributed by atoms with Gasteiger partial charge < -0.3 is 19.8 Å². The van der Waals surface area contributed by atoms with Crippen molar-refractivity contribution in [3.63, 3.8) is 0 Å². The molecule has 10 rings (SSSR count). The van der Waals surface area contributed by atoms with Crippen molar-refractivity contribution >= 4 is 39.1 Å². The molecule has 6 aromatic rings. The molecule has 0 radical (unpaired) electrons. The number of likely N-dealkylation sites (N-methyl/N-ethyl adjacent to an activating group) is 2. The van der Waals surface area contributed by atoms with E-state index in [1.165, 1.54) is 67.6 Å². The Morgan fingerprint density at radius 2 is 1.24 bits per heavy atom. The van der Waals surface area contributed by atoms with Gasteiger partial charge in [-0.15, -0.1) is 0 Å². The fourth-order valence-corrected chi connectivity index (χ4v) is 9.20. The monoisotopic (exact) mass is 654 g/mol. The van der Waals surface area contributed by atoms with Gasteiger partial charge in [-0.05, 0) is 124 Å². The van der Waals surface area contributed by atoms with E-state index in [2.05, 4.69) is 80.3 Å². The molecule has 0 saturated carbocycles. The van der Waals surface area contributed by atoms with E-state index in [1.807, 2.05) is 38.1 Å². The highest BCUT2D eigenvalue weighted by Gasteiger charge is 2.44. The Morgan fingerprint density at radius 3 is 1.80 bits per heavy atom. The summed E-state index contributed by atoms with van der Waals surface area (Å²) in [5.41, 5.74) is 17.3. The molecule has 9 heteroatoms. The summed E-state index contributed by atoms with van der Waals surface area (Å²) in [4.78, 5) is 24.6. The van der Waals surface area contributed by atoms with Crippen LogP contribution in [0.3, 0.4) is 0 Å². The average Bonchev–Trinajstić information content (AvgIpc) is 3.91. The van der Waals surface area contributed by atoms with Crippen molar-refractivity contribution in [3.05, 3.63) is 70.0 Å². The van der Waals surface area contributed by atoms with Gasteiger partial charge in [0.1, 0.15) is 0 Å². The summed E-state index contributed by atoms with van der Waals surface area (Å²) in [5.74, 6) is 0.194. The second kappa shape index (κ2) is 10.6. The van der Waals surface area contributed by atoms with E-state index < -0.39 is 5.41 Å². The smallest absolute Gasteiger partial charge is 0.237 e. The highest BCUT2D eigenvalue weighted by atomic mass is 16.2. The number of amides is 1. The van der Waals surface area contributed by atoms with Crippen molar-refractivity contribution in [2.45, 2.75) is 90.9 Å². The zero-order valence-electron chi connectivity index (χ0n) is 29.5. The van der Waals surface area contributed by atoms with E-state index in [0.717, 1.165) is 73.3 Å². The summed E-state index contributed by atoms with van der Waals surface area (Å²) in [5, 5.41) is 17.5. The summed E-state index contributed by atoms with van der Waals surface area (Å²) in [7, 11) is 0.